The quantitative estimate of drug-likeness (QED) is 0.190. The standard InChI is InChI=1S/C44H62N2O5/c1-28(2)45-41(49)46(26-32-12-15-33-25-39(32)42(33,4)5)27-44(50)22-20-38-36-19-11-30(23-34(47)16-10-29(3)9-8-21-43(38,44)6)24-37(36)40(48)31-13-17-35(51-7)18-14-31/h9,11,13-14,17-19,24,28,32-34,38-39,47,50H,8,10,12,15-16,20-23,25-27H2,1-7H3,(H,45,49)/t32-,33-,34-,38-,39-,43-,44+/m0/s1. The van der Waals surface area contributed by atoms with Gasteiger partial charge in [0, 0.05) is 29.1 Å². The summed E-state index contributed by atoms with van der Waals surface area (Å²) in [6.07, 6.45) is 10.0. The summed E-state index contributed by atoms with van der Waals surface area (Å²) in [4.78, 5) is 30.4. The van der Waals surface area contributed by atoms with Gasteiger partial charge in [-0.25, -0.2) is 4.79 Å². The van der Waals surface area contributed by atoms with E-state index in [1.54, 1.807) is 7.11 Å². The molecule has 0 heterocycles. The third kappa shape index (κ3) is 7.40. The monoisotopic (exact) mass is 698 g/mol. The molecule has 7 nitrogen and oxygen atoms in total. The molecule has 2 aromatic carbocycles. The number of carbonyl (C=O) groups is 2. The van der Waals surface area contributed by atoms with Crippen LogP contribution in [0.4, 0.5) is 4.79 Å². The lowest BCUT2D eigenvalue weighted by Gasteiger charge is -2.60. The van der Waals surface area contributed by atoms with E-state index in [-0.39, 0.29) is 30.3 Å². The van der Waals surface area contributed by atoms with Crippen molar-refractivity contribution in [2.75, 3.05) is 20.2 Å². The largest absolute Gasteiger partial charge is 0.497 e. The highest BCUT2D eigenvalue weighted by molar-refractivity contribution is 6.10. The van der Waals surface area contributed by atoms with E-state index in [1.807, 2.05) is 49.1 Å². The summed E-state index contributed by atoms with van der Waals surface area (Å²) >= 11 is 0. The van der Waals surface area contributed by atoms with Gasteiger partial charge in [-0.05, 0) is 156 Å². The molecule has 278 valence electrons. The molecule has 7 atom stereocenters. The van der Waals surface area contributed by atoms with Crippen LogP contribution >= 0.6 is 0 Å². The number of fused-ring (bicyclic) bond motifs is 10. The first-order valence-corrected chi connectivity index (χ1v) is 19.6. The summed E-state index contributed by atoms with van der Waals surface area (Å²) in [6.45, 7) is 14.0. The Kier molecular flexibility index (Phi) is 10.8. The average Bonchev–Trinajstić information content (AvgIpc) is 3.35. The van der Waals surface area contributed by atoms with Gasteiger partial charge >= 0.3 is 6.03 Å². The van der Waals surface area contributed by atoms with E-state index in [4.69, 9.17) is 4.74 Å². The maximum absolute atomic E-state index is 14.4. The van der Waals surface area contributed by atoms with Crippen LogP contribution in [0.1, 0.15) is 132 Å². The van der Waals surface area contributed by atoms with Gasteiger partial charge in [-0.15, -0.1) is 0 Å². The minimum atomic E-state index is -1.16. The predicted octanol–water partition coefficient (Wildman–Crippen LogP) is 8.46. The lowest BCUT2D eigenvalue weighted by atomic mass is 9.45. The zero-order chi connectivity index (χ0) is 36.7. The van der Waals surface area contributed by atoms with Gasteiger partial charge in [0.15, 0.2) is 5.78 Å². The van der Waals surface area contributed by atoms with Gasteiger partial charge in [0.1, 0.15) is 5.75 Å². The minimum Gasteiger partial charge on any atom is -0.497 e. The zero-order valence-electron chi connectivity index (χ0n) is 32.1. The van der Waals surface area contributed by atoms with Crippen LogP contribution in [0, 0.1) is 28.6 Å². The van der Waals surface area contributed by atoms with Crippen LogP contribution in [-0.2, 0) is 6.42 Å². The van der Waals surface area contributed by atoms with Gasteiger partial charge in [0.25, 0.3) is 0 Å². The Bertz CT molecular complexity index is 1610. The smallest absolute Gasteiger partial charge is 0.317 e. The molecule has 2 amide bonds. The summed E-state index contributed by atoms with van der Waals surface area (Å²) in [6, 6.07) is 13.3. The second-order valence-electron chi connectivity index (χ2n) is 17.7. The molecule has 4 saturated carbocycles. The predicted molar refractivity (Wildman–Crippen MR) is 203 cm³/mol. The van der Waals surface area contributed by atoms with E-state index in [0.29, 0.717) is 72.8 Å². The number of ether oxygens (including phenoxy) is 1. The van der Waals surface area contributed by atoms with E-state index >= 15 is 0 Å². The molecule has 2 aromatic rings. The lowest BCUT2D eigenvalue weighted by Crippen LogP contribution is -2.59. The van der Waals surface area contributed by atoms with Crippen LogP contribution in [0.2, 0.25) is 0 Å². The van der Waals surface area contributed by atoms with Crippen molar-refractivity contribution >= 4 is 11.8 Å². The van der Waals surface area contributed by atoms with Crippen molar-refractivity contribution in [3.63, 3.8) is 0 Å². The molecule has 0 saturated heterocycles. The molecular weight excluding hydrogens is 636 g/mol. The second-order valence-corrected chi connectivity index (χ2v) is 17.7. The lowest BCUT2D eigenvalue weighted by molar-refractivity contribution is -0.117. The number of rotatable bonds is 8. The summed E-state index contributed by atoms with van der Waals surface area (Å²) in [7, 11) is 1.61. The molecule has 6 aliphatic carbocycles. The van der Waals surface area contributed by atoms with Gasteiger partial charge in [-0.3, -0.25) is 4.79 Å². The molecule has 0 spiro atoms. The van der Waals surface area contributed by atoms with Crippen LogP contribution in [-0.4, -0.2) is 64.9 Å². The Hall–Kier alpha value is -3.16. The average molecular weight is 699 g/mol. The van der Waals surface area contributed by atoms with Crippen LogP contribution in [0.25, 0.3) is 0 Å². The summed E-state index contributed by atoms with van der Waals surface area (Å²) in [5, 5.41) is 27.3. The number of hydrogen-bond donors (Lipinski definition) is 3. The van der Waals surface area contributed by atoms with E-state index in [9.17, 15) is 19.8 Å². The molecule has 3 N–H and O–H groups in total. The fraction of sp³-hybridized carbons (Fsp3) is 0.636. The van der Waals surface area contributed by atoms with Gasteiger partial charge in [0.2, 0.25) is 0 Å². The Balaban J connectivity index is 1.39. The molecule has 0 unspecified atom stereocenters. The fourth-order valence-corrected chi connectivity index (χ4v) is 10.4. The first-order chi connectivity index (χ1) is 24.1. The fourth-order valence-electron chi connectivity index (χ4n) is 10.4. The molecule has 0 radical (unpaired) electrons. The number of benzene rings is 2. The SMILES string of the molecule is COc1ccc(C(=O)c2cc3ccc2[C@@H]2CC[C@@](O)(CN(C[C@@H]4CC[C@H]5C[C@@H]4C5(C)C)C(=O)NC(C)C)[C@@]2(C)CCC=C(C)CC[C@H](O)C3)cc1. The highest BCUT2D eigenvalue weighted by Crippen LogP contribution is 2.62. The van der Waals surface area contributed by atoms with Gasteiger partial charge in [0.05, 0.1) is 25.4 Å². The third-order valence-corrected chi connectivity index (χ3v) is 13.9. The number of hydrogen-bond acceptors (Lipinski definition) is 5. The topological polar surface area (TPSA) is 99.1 Å². The molecule has 0 aliphatic heterocycles. The molecule has 7 heteroatoms. The number of ketones is 1. The number of carbonyl (C=O) groups excluding carboxylic acids is 2. The normalized spacial score (nSPS) is 31.6. The van der Waals surface area contributed by atoms with Crippen LogP contribution in [0.5, 0.6) is 5.75 Å². The molecule has 51 heavy (non-hydrogen) atoms. The first kappa shape index (κ1) is 37.6. The van der Waals surface area contributed by atoms with E-state index in [2.05, 4.69) is 51.2 Å². The Morgan fingerprint density at radius 2 is 1.76 bits per heavy atom. The number of methoxy groups -OCH3 is 1. The Labute approximate surface area is 306 Å². The number of amides is 2. The number of aliphatic hydroxyl groups is 2. The Morgan fingerprint density at radius 3 is 2.43 bits per heavy atom. The van der Waals surface area contributed by atoms with Crippen LogP contribution < -0.4 is 10.1 Å². The summed E-state index contributed by atoms with van der Waals surface area (Å²) in [5.41, 5.74) is 2.85. The molecule has 6 aliphatic rings. The van der Waals surface area contributed by atoms with Crippen molar-refractivity contribution in [1.29, 1.82) is 0 Å². The first-order valence-electron chi connectivity index (χ1n) is 19.6. The van der Waals surface area contributed by atoms with Gasteiger partial charge in [-0.2, -0.15) is 0 Å². The summed E-state index contributed by atoms with van der Waals surface area (Å²) in [5.74, 6) is 2.31. The maximum Gasteiger partial charge on any atom is 0.317 e. The second kappa shape index (κ2) is 14.7. The van der Waals surface area contributed by atoms with E-state index < -0.39 is 17.1 Å². The van der Waals surface area contributed by atoms with Crippen LogP contribution in [0.3, 0.4) is 0 Å². The molecule has 4 fully saturated rings. The van der Waals surface area contributed by atoms with Crippen molar-refractivity contribution in [2.45, 2.75) is 129 Å². The van der Waals surface area contributed by atoms with Gasteiger partial charge < -0.3 is 25.2 Å². The third-order valence-electron chi connectivity index (χ3n) is 13.9. The molecule has 8 rings (SSSR count). The zero-order valence-corrected chi connectivity index (χ0v) is 32.1. The van der Waals surface area contributed by atoms with Crippen molar-refractivity contribution in [3.8, 4) is 5.75 Å². The maximum atomic E-state index is 14.4. The van der Waals surface area contributed by atoms with Crippen LogP contribution in [0.15, 0.2) is 54.1 Å². The van der Waals surface area contributed by atoms with E-state index in [0.717, 1.165) is 36.3 Å². The number of nitrogens with one attached hydrogen (secondary N) is 1. The van der Waals surface area contributed by atoms with Crippen molar-refractivity contribution in [2.24, 2.45) is 28.6 Å². The Morgan fingerprint density at radius 1 is 1.02 bits per heavy atom. The van der Waals surface area contributed by atoms with Crippen molar-refractivity contribution in [1.82, 2.24) is 10.2 Å². The molecular formula is C44H62N2O5. The number of nitrogens with zero attached hydrogens (tertiary/aromatic N) is 1. The summed E-state index contributed by atoms with van der Waals surface area (Å²) < 4.78 is 5.37. The van der Waals surface area contributed by atoms with E-state index in [1.165, 1.54) is 18.4 Å². The molecule has 4 bridgehead atoms. The number of urea groups is 1. The van der Waals surface area contributed by atoms with Crippen molar-refractivity contribution in [3.05, 3.63) is 76.4 Å². The number of aliphatic hydroxyl groups excluding tert-OH is 1. The number of allylic oxidation sites excluding steroid dienone is 2. The minimum absolute atomic E-state index is 0.0107. The highest BCUT2D eigenvalue weighted by atomic mass is 16.5. The highest BCUT2D eigenvalue weighted by Gasteiger charge is 2.59. The van der Waals surface area contributed by atoms with Crippen molar-refractivity contribution < 1.29 is 24.5 Å². The van der Waals surface area contributed by atoms with Gasteiger partial charge in [-0.1, -0.05) is 44.6 Å². The molecule has 0 aromatic heterocycles.